The Balaban J connectivity index is 0. The predicted molar refractivity (Wildman–Crippen MR) is 96.6 cm³/mol. The zero-order chi connectivity index (χ0) is 16.7. The molecule has 0 atom stereocenters. The van der Waals surface area contributed by atoms with Crippen LogP contribution in [0.5, 0.6) is 0 Å². The first kappa shape index (κ1) is 22.8. The van der Waals surface area contributed by atoms with Crippen molar-refractivity contribution in [1.82, 2.24) is 5.32 Å². The molecule has 0 bridgehead atoms. The Hall–Kier alpha value is -0.510. The van der Waals surface area contributed by atoms with E-state index in [0.717, 1.165) is 10.7 Å². The third-order valence-corrected chi connectivity index (χ3v) is 3.42. The van der Waals surface area contributed by atoms with E-state index in [1.54, 1.807) is 0 Å². The highest BCUT2D eigenvalue weighted by atomic mass is 79.9. The van der Waals surface area contributed by atoms with Gasteiger partial charge in [0.15, 0.2) is 5.62 Å². The molecule has 0 unspecified atom stereocenters. The van der Waals surface area contributed by atoms with Gasteiger partial charge in [-0.3, -0.25) is 9.59 Å². The summed E-state index contributed by atoms with van der Waals surface area (Å²) in [6.45, 7) is 0.357. The molecule has 0 fully saturated rings. The molecule has 0 aliphatic rings. The number of halogens is 1. The van der Waals surface area contributed by atoms with E-state index in [9.17, 15) is 13.2 Å². The SMILES string of the molecule is Brc1ccccc1.CS(=O)(=O)CCCNC(=O)S.O=CS. The van der Waals surface area contributed by atoms with Crippen molar-refractivity contribution in [2.45, 2.75) is 6.42 Å². The first-order chi connectivity index (χ1) is 9.72. The zero-order valence-electron chi connectivity index (χ0n) is 11.4. The molecule has 0 aromatic heterocycles. The van der Waals surface area contributed by atoms with Crippen molar-refractivity contribution in [1.29, 1.82) is 0 Å². The molecule has 0 saturated heterocycles. The molecule has 120 valence electrons. The van der Waals surface area contributed by atoms with Gasteiger partial charge in [0.05, 0.1) is 5.75 Å². The van der Waals surface area contributed by atoms with E-state index in [2.05, 4.69) is 46.5 Å². The summed E-state index contributed by atoms with van der Waals surface area (Å²) in [5.41, 5.74) is 0.444. The number of nitrogens with one attached hydrogen (secondary N) is 1. The van der Waals surface area contributed by atoms with E-state index in [1.165, 1.54) is 0 Å². The highest BCUT2D eigenvalue weighted by molar-refractivity contribution is 9.10. The second kappa shape index (κ2) is 14.4. The summed E-state index contributed by atoms with van der Waals surface area (Å²) < 4.78 is 22.2. The molecule has 1 rings (SSSR count). The molecule has 1 N–H and O–H groups in total. The van der Waals surface area contributed by atoms with Crippen LogP contribution in [0.25, 0.3) is 0 Å². The minimum Gasteiger partial charge on any atom is -0.347 e. The molecule has 1 aromatic carbocycles. The van der Waals surface area contributed by atoms with Crippen molar-refractivity contribution in [2.24, 2.45) is 0 Å². The summed E-state index contributed by atoms with van der Waals surface area (Å²) >= 11 is 9.86. The molecule has 0 saturated carbocycles. The quantitative estimate of drug-likeness (QED) is 0.401. The van der Waals surface area contributed by atoms with Gasteiger partial charge < -0.3 is 5.32 Å². The Morgan fingerprint density at radius 3 is 2.10 bits per heavy atom. The van der Waals surface area contributed by atoms with E-state index >= 15 is 0 Å². The predicted octanol–water partition coefficient (Wildman–Crippen LogP) is 2.62. The summed E-state index contributed by atoms with van der Waals surface area (Å²) in [5, 5.41) is 1.95. The largest absolute Gasteiger partial charge is 0.347 e. The van der Waals surface area contributed by atoms with Crippen LogP contribution in [0.15, 0.2) is 34.8 Å². The number of hydrogen-bond donors (Lipinski definition) is 3. The number of rotatable bonds is 4. The lowest BCUT2D eigenvalue weighted by atomic mass is 10.4. The second-order valence-corrected chi connectivity index (χ2v) is 7.41. The van der Waals surface area contributed by atoms with Crippen molar-refractivity contribution in [2.75, 3.05) is 18.6 Å². The molecule has 9 heteroatoms. The van der Waals surface area contributed by atoms with Gasteiger partial charge in [0, 0.05) is 17.3 Å². The molecule has 5 nitrogen and oxygen atoms in total. The van der Waals surface area contributed by atoms with Crippen LogP contribution >= 0.6 is 41.2 Å². The van der Waals surface area contributed by atoms with Crippen LogP contribution in [0.4, 0.5) is 4.79 Å². The fraction of sp³-hybridized carbons (Fsp3) is 0.333. The van der Waals surface area contributed by atoms with Gasteiger partial charge in [-0.15, -0.1) is 12.6 Å². The standard InChI is InChI=1S/C6H5Br.C5H11NO3S2.CH2OS/c7-6-4-2-1-3-5-6;1-11(8,9)4-2-3-6-5(7)10;2-1-3/h1-5H;2-4H2,1H3,(H2,6,7,10);1H,(H,2,3). The van der Waals surface area contributed by atoms with Gasteiger partial charge in [0.2, 0.25) is 0 Å². The second-order valence-electron chi connectivity index (χ2n) is 3.62. The number of thiol groups is 2. The van der Waals surface area contributed by atoms with Crippen LogP contribution in [0.3, 0.4) is 0 Å². The van der Waals surface area contributed by atoms with Crippen molar-refractivity contribution >= 4 is 61.9 Å². The first-order valence-electron chi connectivity index (χ1n) is 5.66. The summed E-state index contributed by atoms with van der Waals surface area (Å²) in [4.78, 5) is 18.8. The van der Waals surface area contributed by atoms with Gasteiger partial charge in [-0.2, -0.15) is 0 Å². The van der Waals surface area contributed by atoms with E-state index in [1.807, 2.05) is 30.3 Å². The molecule has 21 heavy (non-hydrogen) atoms. The molecule has 0 spiro atoms. The molecule has 1 amide bonds. The summed E-state index contributed by atoms with van der Waals surface area (Å²) in [7, 11) is -2.90. The van der Waals surface area contributed by atoms with Crippen molar-refractivity contribution in [3.63, 3.8) is 0 Å². The lowest BCUT2D eigenvalue weighted by Gasteiger charge is -1.98. The van der Waals surface area contributed by atoms with E-state index in [0.29, 0.717) is 18.6 Å². The molecule has 1 aromatic rings. The molecule has 0 radical (unpaired) electrons. The van der Waals surface area contributed by atoms with Gasteiger partial charge in [0.25, 0.3) is 5.24 Å². The van der Waals surface area contributed by atoms with E-state index in [-0.39, 0.29) is 5.75 Å². The Kier molecular flexibility index (Phi) is 15.6. The van der Waals surface area contributed by atoms with Crippen molar-refractivity contribution in [3.8, 4) is 0 Å². The van der Waals surface area contributed by atoms with Gasteiger partial charge >= 0.3 is 0 Å². The average molecular weight is 416 g/mol. The summed E-state index contributed by atoms with van der Waals surface area (Å²) in [6, 6.07) is 9.97. The highest BCUT2D eigenvalue weighted by Gasteiger charge is 2.00. The van der Waals surface area contributed by atoms with Crippen LogP contribution < -0.4 is 5.32 Å². The maximum Gasteiger partial charge on any atom is 0.275 e. The van der Waals surface area contributed by atoms with Gasteiger partial charge in [-0.1, -0.05) is 46.8 Å². The molecule has 0 aliphatic heterocycles. The highest BCUT2D eigenvalue weighted by Crippen LogP contribution is 2.05. The van der Waals surface area contributed by atoms with Crippen LogP contribution in [0.1, 0.15) is 6.42 Å². The maximum atomic E-state index is 10.5. The van der Waals surface area contributed by atoms with Gasteiger partial charge in [0.1, 0.15) is 9.84 Å². The summed E-state index contributed by atoms with van der Waals surface area (Å²) in [5.74, 6) is 0.0983. The van der Waals surface area contributed by atoms with Crippen molar-refractivity contribution < 1.29 is 18.0 Å². The van der Waals surface area contributed by atoms with Crippen LogP contribution in [0.2, 0.25) is 0 Å². The fourth-order valence-corrected chi connectivity index (χ4v) is 2.03. The minimum absolute atomic E-state index is 0.0983. The van der Waals surface area contributed by atoms with Gasteiger partial charge in [-0.05, 0) is 18.6 Å². The topological polar surface area (TPSA) is 80.3 Å². The smallest absolute Gasteiger partial charge is 0.275 e. The van der Waals surface area contributed by atoms with Crippen LogP contribution in [-0.2, 0) is 14.6 Å². The monoisotopic (exact) mass is 415 g/mol. The Morgan fingerprint density at radius 1 is 1.33 bits per heavy atom. The third-order valence-electron chi connectivity index (χ3n) is 1.70. The molecular formula is C12H18BrNO4S3. The maximum absolute atomic E-state index is 10.5. The number of amides is 1. The van der Waals surface area contributed by atoms with E-state index in [4.69, 9.17) is 4.79 Å². The molecular weight excluding hydrogens is 398 g/mol. The summed E-state index contributed by atoms with van der Waals surface area (Å²) in [6.07, 6.45) is 1.60. The Morgan fingerprint density at radius 2 is 1.81 bits per heavy atom. The minimum atomic E-state index is -2.90. The lowest BCUT2D eigenvalue weighted by molar-refractivity contribution is 0.261. The molecule has 0 aliphatic carbocycles. The normalized spacial score (nSPS) is 9.33. The zero-order valence-corrected chi connectivity index (χ0v) is 15.6. The van der Waals surface area contributed by atoms with Gasteiger partial charge in [-0.25, -0.2) is 8.42 Å². The number of hydrogen-bond acceptors (Lipinski definition) is 4. The first-order valence-corrected chi connectivity index (χ1v) is 9.47. The number of carbonyl (C=O) groups excluding carboxylic acids is 2. The van der Waals surface area contributed by atoms with Crippen LogP contribution in [0, 0.1) is 0 Å². The van der Waals surface area contributed by atoms with E-state index < -0.39 is 15.1 Å². The van der Waals surface area contributed by atoms with Crippen LogP contribution in [-0.4, -0.2) is 37.8 Å². The molecule has 0 heterocycles. The number of carbonyl (C=O) groups is 2. The van der Waals surface area contributed by atoms with Crippen molar-refractivity contribution in [3.05, 3.63) is 34.8 Å². The lowest BCUT2D eigenvalue weighted by Crippen LogP contribution is -2.20. The fourth-order valence-electron chi connectivity index (χ4n) is 0.944. The average Bonchev–Trinajstić information content (AvgIpc) is 2.36. The third kappa shape index (κ3) is 24.8. The Bertz CT molecular complexity index is 494. The Labute approximate surface area is 144 Å². The number of sulfone groups is 1. The number of benzene rings is 1.